The van der Waals surface area contributed by atoms with Gasteiger partial charge in [0, 0.05) is 25.3 Å². The number of rotatable bonds is 2. The Morgan fingerprint density at radius 1 is 0.840 bits per heavy atom. The minimum absolute atomic E-state index is 0.0139. The third-order valence-electron chi connectivity index (χ3n) is 5.15. The first-order valence-corrected chi connectivity index (χ1v) is 9.31. The Morgan fingerprint density at radius 2 is 1.64 bits per heavy atom. The molecule has 2 aromatic rings. The van der Waals surface area contributed by atoms with E-state index in [4.69, 9.17) is 0 Å². The molecular formula is C20H24N4O. The quantitative estimate of drug-likeness (QED) is 0.841. The highest BCUT2D eigenvalue weighted by Crippen LogP contribution is 2.31. The summed E-state index contributed by atoms with van der Waals surface area (Å²) in [6.45, 7) is 2.61. The molecule has 2 aliphatic heterocycles. The first-order chi connectivity index (χ1) is 12.3. The van der Waals surface area contributed by atoms with Crippen molar-refractivity contribution in [2.75, 3.05) is 24.5 Å². The lowest BCUT2D eigenvalue weighted by atomic mass is 10.0. The maximum Gasteiger partial charge on any atom is 0.274 e. The Bertz CT molecular complexity index is 736. The lowest BCUT2D eigenvalue weighted by Crippen LogP contribution is -2.33. The van der Waals surface area contributed by atoms with Gasteiger partial charge in [0.2, 0.25) is 0 Å². The second-order valence-electron chi connectivity index (χ2n) is 6.87. The molecule has 0 N–H and O–H groups in total. The van der Waals surface area contributed by atoms with Crippen molar-refractivity contribution in [2.24, 2.45) is 0 Å². The van der Waals surface area contributed by atoms with Crippen LogP contribution in [0.5, 0.6) is 0 Å². The smallest absolute Gasteiger partial charge is 0.274 e. The summed E-state index contributed by atoms with van der Waals surface area (Å²) in [6, 6.07) is 12.2. The van der Waals surface area contributed by atoms with Gasteiger partial charge >= 0.3 is 0 Å². The average molecular weight is 336 g/mol. The second-order valence-corrected chi connectivity index (χ2v) is 6.87. The normalized spacial score (nSPS) is 17.8. The fraction of sp³-hybridized carbons (Fsp3) is 0.450. The van der Waals surface area contributed by atoms with Crippen molar-refractivity contribution in [1.82, 2.24) is 15.1 Å². The highest BCUT2D eigenvalue weighted by molar-refractivity contribution is 5.92. The van der Waals surface area contributed by atoms with Crippen LogP contribution in [0.25, 0.3) is 0 Å². The number of hydrogen-bond acceptors (Lipinski definition) is 4. The number of aromatic nitrogens is 2. The molecule has 0 unspecified atom stereocenters. The zero-order valence-electron chi connectivity index (χ0n) is 14.5. The van der Waals surface area contributed by atoms with Crippen LogP contribution in [-0.4, -0.2) is 40.6 Å². The van der Waals surface area contributed by atoms with E-state index in [0.29, 0.717) is 5.69 Å². The molecule has 3 heterocycles. The Hall–Kier alpha value is -2.43. The molecule has 1 saturated heterocycles. The summed E-state index contributed by atoms with van der Waals surface area (Å²) >= 11 is 0. The minimum Gasteiger partial charge on any atom is -0.337 e. The van der Waals surface area contributed by atoms with Crippen LogP contribution < -0.4 is 4.90 Å². The molecule has 0 spiro atoms. The summed E-state index contributed by atoms with van der Waals surface area (Å²) < 4.78 is 0. The van der Waals surface area contributed by atoms with E-state index >= 15 is 0 Å². The van der Waals surface area contributed by atoms with Crippen molar-refractivity contribution < 1.29 is 4.79 Å². The van der Waals surface area contributed by atoms with E-state index in [1.807, 2.05) is 17.0 Å². The van der Waals surface area contributed by atoms with E-state index in [0.717, 1.165) is 51.1 Å². The van der Waals surface area contributed by atoms with E-state index in [1.165, 1.54) is 24.1 Å². The summed E-state index contributed by atoms with van der Waals surface area (Å²) in [5.41, 5.74) is 3.01. The molecule has 1 amide bonds. The molecule has 25 heavy (non-hydrogen) atoms. The van der Waals surface area contributed by atoms with Crippen molar-refractivity contribution in [3.63, 3.8) is 0 Å². The number of anilines is 2. The van der Waals surface area contributed by atoms with Crippen LogP contribution >= 0.6 is 0 Å². The molecule has 130 valence electrons. The predicted molar refractivity (Wildman–Crippen MR) is 98.2 cm³/mol. The summed E-state index contributed by atoms with van der Waals surface area (Å²) in [6.07, 6.45) is 6.80. The van der Waals surface area contributed by atoms with Gasteiger partial charge < -0.3 is 9.80 Å². The number of para-hydroxylation sites is 1. The highest BCUT2D eigenvalue weighted by atomic mass is 16.2. The first-order valence-electron chi connectivity index (χ1n) is 9.31. The molecule has 0 bridgehead atoms. The summed E-state index contributed by atoms with van der Waals surface area (Å²) in [5.74, 6) is 0.833. The van der Waals surface area contributed by atoms with Crippen LogP contribution in [0.1, 0.15) is 48.2 Å². The summed E-state index contributed by atoms with van der Waals surface area (Å²) in [7, 11) is 0. The van der Waals surface area contributed by atoms with Gasteiger partial charge in [0.05, 0.1) is 0 Å². The van der Waals surface area contributed by atoms with Gasteiger partial charge in [-0.2, -0.15) is 0 Å². The third-order valence-corrected chi connectivity index (χ3v) is 5.15. The van der Waals surface area contributed by atoms with Crippen molar-refractivity contribution in [1.29, 1.82) is 0 Å². The SMILES string of the molecule is O=C(c1ccc(N2CCCc3ccccc32)nn1)N1CCCCCC1. The van der Waals surface area contributed by atoms with Crippen LogP contribution in [0.15, 0.2) is 36.4 Å². The number of carbonyl (C=O) groups excluding carboxylic acids is 1. The fourth-order valence-electron chi connectivity index (χ4n) is 3.79. The monoisotopic (exact) mass is 336 g/mol. The Kier molecular flexibility index (Phi) is 4.63. The molecule has 5 nitrogen and oxygen atoms in total. The first kappa shape index (κ1) is 16.1. The second kappa shape index (κ2) is 7.21. The van der Waals surface area contributed by atoms with E-state index in [-0.39, 0.29) is 5.91 Å². The number of aryl methyl sites for hydroxylation is 1. The minimum atomic E-state index is 0.0139. The summed E-state index contributed by atoms with van der Waals surface area (Å²) in [5, 5.41) is 8.62. The number of nitrogens with zero attached hydrogens (tertiary/aromatic N) is 4. The maximum atomic E-state index is 12.6. The van der Waals surface area contributed by atoms with Gasteiger partial charge in [0.25, 0.3) is 5.91 Å². The number of carbonyl (C=O) groups is 1. The molecular weight excluding hydrogens is 312 g/mol. The number of benzene rings is 1. The number of likely N-dealkylation sites (tertiary alicyclic amines) is 1. The van der Waals surface area contributed by atoms with Gasteiger partial charge in [-0.1, -0.05) is 31.0 Å². The number of fused-ring (bicyclic) bond motifs is 1. The molecule has 5 heteroatoms. The van der Waals surface area contributed by atoms with Gasteiger partial charge in [0.15, 0.2) is 11.5 Å². The average Bonchev–Trinajstić information content (AvgIpc) is 2.97. The third kappa shape index (κ3) is 3.36. The van der Waals surface area contributed by atoms with Crippen molar-refractivity contribution in [3.8, 4) is 0 Å². The standard InChI is InChI=1S/C20H24N4O/c25-20(23-13-5-1-2-6-14-23)17-11-12-19(22-21-17)24-15-7-9-16-8-3-4-10-18(16)24/h3-4,8,10-12H,1-2,5-7,9,13-15H2. The largest absolute Gasteiger partial charge is 0.337 e. The van der Waals surface area contributed by atoms with Gasteiger partial charge in [-0.05, 0) is 49.4 Å². The predicted octanol–water partition coefficient (Wildman–Crippen LogP) is 3.58. The molecule has 4 rings (SSSR count). The van der Waals surface area contributed by atoms with Crippen molar-refractivity contribution in [2.45, 2.75) is 38.5 Å². The molecule has 1 fully saturated rings. The van der Waals surface area contributed by atoms with Gasteiger partial charge in [-0.3, -0.25) is 4.79 Å². The molecule has 1 aromatic carbocycles. The Morgan fingerprint density at radius 3 is 2.40 bits per heavy atom. The molecule has 0 atom stereocenters. The molecule has 2 aliphatic rings. The van der Waals surface area contributed by atoms with Crippen LogP contribution in [0, 0.1) is 0 Å². The Balaban J connectivity index is 1.54. The van der Waals surface area contributed by atoms with Crippen LogP contribution in [0.2, 0.25) is 0 Å². The van der Waals surface area contributed by atoms with Crippen molar-refractivity contribution >= 4 is 17.4 Å². The molecule has 0 saturated carbocycles. The zero-order chi connectivity index (χ0) is 17.1. The molecule has 0 radical (unpaired) electrons. The molecule has 1 aromatic heterocycles. The topological polar surface area (TPSA) is 49.3 Å². The van der Waals surface area contributed by atoms with Crippen LogP contribution in [0.3, 0.4) is 0 Å². The molecule has 0 aliphatic carbocycles. The van der Waals surface area contributed by atoms with Gasteiger partial charge in [-0.15, -0.1) is 10.2 Å². The number of hydrogen-bond donors (Lipinski definition) is 0. The fourth-order valence-corrected chi connectivity index (χ4v) is 3.79. The number of amides is 1. The lowest BCUT2D eigenvalue weighted by molar-refractivity contribution is 0.0754. The van der Waals surface area contributed by atoms with Crippen LogP contribution in [0.4, 0.5) is 11.5 Å². The highest BCUT2D eigenvalue weighted by Gasteiger charge is 2.21. The maximum absolute atomic E-state index is 12.6. The van der Waals surface area contributed by atoms with Gasteiger partial charge in [0.1, 0.15) is 0 Å². The van der Waals surface area contributed by atoms with E-state index < -0.39 is 0 Å². The van der Waals surface area contributed by atoms with E-state index in [2.05, 4.69) is 39.4 Å². The van der Waals surface area contributed by atoms with E-state index in [9.17, 15) is 4.79 Å². The van der Waals surface area contributed by atoms with Gasteiger partial charge in [-0.25, -0.2) is 0 Å². The van der Waals surface area contributed by atoms with E-state index in [1.54, 1.807) is 0 Å². The van der Waals surface area contributed by atoms with Crippen molar-refractivity contribution in [3.05, 3.63) is 47.7 Å². The summed E-state index contributed by atoms with van der Waals surface area (Å²) in [4.78, 5) is 16.8. The Labute approximate surface area is 148 Å². The van der Waals surface area contributed by atoms with Crippen LogP contribution in [-0.2, 0) is 6.42 Å². The zero-order valence-corrected chi connectivity index (χ0v) is 14.5. The lowest BCUT2D eigenvalue weighted by Gasteiger charge is -2.30.